The van der Waals surface area contributed by atoms with E-state index >= 15 is 0 Å². The van der Waals surface area contributed by atoms with Gasteiger partial charge in [-0.3, -0.25) is 9.10 Å². The molecule has 0 fully saturated rings. The second-order valence-electron chi connectivity index (χ2n) is 5.68. The van der Waals surface area contributed by atoms with Crippen LogP contribution in [0.5, 0.6) is 0 Å². The van der Waals surface area contributed by atoms with Crippen molar-refractivity contribution in [2.45, 2.75) is 17.7 Å². The molecular formula is C16H18ClN3O3S. The molecule has 1 aromatic heterocycles. The number of benzene rings is 1. The van der Waals surface area contributed by atoms with Gasteiger partial charge >= 0.3 is 0 Å². The highest BCUT2D eigenvalue weighted by molar-refractivity contribution is 7.92. The van der Waals surface area contributed by atoms with Gasteiger partial charge in [-0.1, -0.05) is 23.7 Å². The van der Waals surface area contributed by atoms with E-state index in [4.69, 9.17) is 11.6 Å². The average molecular weight is 368 g/mol. The summed E-state index contributed by atoms with van der Waals surface area (Å²) in [6, 6.07) is 6.79. The van der Waals surface area contributed by atoms with Crippen LogP contribution in [0, 0.1) is 0 Å². The maximum atomic E-state index is 13.1. The molecule has 2 aromatic rings. The second kappa shape index (κ2) is 6.14. The molecule has 0 radical (unpaired) electrons. The summed E-state index contributed by atoms with van der Waals surface area (Å²) in [4.78, 5) is 11.9. The van der Waals surface area contributed by atoms with Gasteiger partial charge < -0.3 is 9.88 Å². The van der Waals surface area contributed by atoms with Crippen molar-refractivity contribution in [3.05, 3.63) is 46.7 Å². The first-order chi connectivity index (χ1) is 11.4. The molecule has 0 aliphatic carbocycles. The number of rotatable bonds is 3. The summed E-state index contributed by atoms with van der Waals surface area (Å²) in [6.07, 6.45) is 2.97. The lowest BCUT2D eigenvalue weighted by atomic mass is 10.0. The van der Waals surface area contributed by atoms with E-state index in [1.165, 1.54) is 28.2 Å². The fourth-order valence-electron chi connectivity index (χ4n) is 2.96. The van der Waals surface area contributed by atoms with Crippen molar-refractivity contribution in [3.63, 3.8) is 0 Å². The number of halogens is 1. The third-order valence-corrected chi connectivity index (χ3v) is 6.22. The van der Waals surface area contributed by atoms with Crippen molar-refractivity contribution < 1.29 is 13.2 Å². The van der Waals surface area contributed by atoms with Gasteiger partial charge in [0.05, 0.1) is 10.7 Å². The molecule has 0 saturated heterocycles. The monoisotopic (exact) mass is 367 g/mol. The highest BCUT2D eigenvalue weighted by Crippen LogP contribution is 2.37. The van der Waals surface area contributed by atoms with Gasteiger partial charge in [-0.2, -0.15) is 0 Å². The molecule has 1 aliphatic heterocycles. The van der Waals surface area contributed by atoms with E-state index in [2.05, 4.69) is 5.32 Å². The third-order valence-electron chi connectivity index (χ3n) is 4.15. The summed E-state index contributed by atoms with van der Waals surface area (Å²) in [5.41, 5.74) is 1.74. The number of amides is 1. The molecule has 0 bridgehead atoms. The molecule has 24 heavy (non-hydrogen) atoms. The number of nitrogens with zero attached hydrogens (tertiary/aromatic N) is 2. The minimum atomic E-state index is -3.79. The number of hydrogen-bond donors (Lipinski definition) is 1. The van der Waals surface area contributed by atoms with Gasteiger partial charge in [0, 0.05) is 26.8 Å². The largest absolute Gasteiger partial charge is 0.354 e. The van der Waals surface area contributed by atoms with Gasteiger partial charge in [-0.05, 0) is 30.5 Å². The van der Waals surface area contributed by atoms with Crippen LogP contribution in [-0.4, -0.2) is 32.5 Å². The number of aromatic nitrogens is 1. The fraction of sp³-hybridized carbons (Fsp3) is 0.312. The first kappa shape index (κ1) is 16.9. The van der Waals surface area contributed by atoms with Crippen molar-refractivity contribution in [1.29, 1.82) is 0 Å². The molecule has 3 rings (SSSR count). The molecule has 1 N–H and O–H groups in total. The van der Waals surface area contributed by atoms with Crippen LogP contribution >= 0.6 is 11.6 Å². The van der Waals surface area contributed by atoms with Crippen molar-refractivity contribution >= 4 is 33.2 Å². The van der Waals surface area contributed by atoms with E-state index in [1.54, 1.807) is 13.1 Å². The molecule has 6 nitrogen and oxygen atoms in total. The van der Waals surface area contributed by atoms with Crippen LogP contribution in [0.25, 0.3) is 0 Å². The van der Waals surface area contributed by atoms with Gasteiger partial charge in [-0.15, -0.1) is 0 Å². The molecule has 0 spiro atoms. The maximum Gasteiger partial charge on any atom is 0.267 e. The van der Waals surface area contributed by atoms with Crippen molar-refractivity contribution in [2.75, 3.05) is 17.9 Å². The highest BCUT2D eigenvalue weighted by atomic mass is 35.5. The fourth-order valence-corrected chi connectivity index (χ4v) is 4.94. The lowest BCUT2D eigenvalue weighted by molar-refractivity contribution is 0.0955. The van der Waals surface area contributed by atoms with E-state index in [0.717, 1.165) is 18.4 Å². The number of para-hydroxylation sites is 1. The Morgan fingerprint density at radius 2 is 2.08 bits per heavy atom. The maximum absolute atomic E-state index is 13.1. The van der Waals surface area contributed by atoms with Crippen molar-refractivity contribution in [1.82, 2.24) is 9.88 Å². The zero-order chi connectivity index (χ0) is 17.5. The molecule has 128 valence electrons. The van der Waals surface area contributed by atoms with Gasteiger partial charge in [-0.25, -0.2) is 8.42 Å². The Balaban J connectivity index is 2.09. The van der Waals surface area contributed by atoms with Gasteiger partial charge in [0.2, 0.25) is 0 Å². The third kappa shape index (κ3) is 2.67. The topological polar surface area (TPSA) is 71.4 Å². The van der Waals surface area contributed by atoms with Gasteiger partial charge in [0.25, 0.3) is 15.9 Å². The van der Waals surface area contributed by atoms with E-state index in [0.29, 0.717) is 17.3 Å². The quantitative estimate of drug-likeness (QED) is 0.903. The summed E-state index contributed by atoms with van der Waals surface area (Å²) in [6.45, 7) is 0.364. The van der Waals surface area contributed by atoms with Crippen LogP contribution in [0.1, 0.15) is 22.5 Å². The molecule has 2 heterocycles. The van der Waals surface area contributed by atoms with E-state index in [1.807, 2.05) is 12.1 Å². The molecule has 1 amide bonds. The Bertz CT molecular complexity index is 905. The Morgan fingerprint density at radius 3 is 2.79 bits per heavy atom. The van der Waals surface area contributed by atoms with Crippen LogP contribution in [-0.2, 0) is 23.5 Å². The standard InChI is InChI=1S/C16H18ClN3O3S/c1-18-16(21)14-9-12(10-19(14)2)24(22,23)20-8-4-6-11-5-3-7-13(17)15(11)20/h3,5,7,9-10H,4,6,8H2,1-2H3,(H,18,21). The van der Waals surface area contributed by atoms with E-state index in [-0.39, 0.29) is 16.5 Å². The molecule has 0 unspecified atom stereocenters. The first-order valence-corrected chi connectivity index (χ1v) is 9.36. The summed E-state index contributed by atoms with van der Waals surface area (Å²) in [5.74, 6) is -0.337. The van der Waals surface area contributed by atoms with Crippen LogP contribution in [0.2, 0.25) is 5.02 Å². The van der Waals surface area contributed by atoms with Crippen LogP contribution in [0.4, 0.5) is 5.69 Å². The number of carbonyl (C=O) groups excluding carboxylic acids is 1. The molecule has 1 aromatic carbocycles. The summed E-state index contributed by atoms with van der Waals surface area (Å²) < 4.78 is 29.0. The number of aryl methyl sites for hydroxylation is 2. The van der Waals surface area contributed by atoms with Gasteiger partial charge in [0.1, 0.15) is 10.6 Å². The minimum Gasteiger partial charge on any atom is -0.354 e. The number of anilines is 1. The molecule has 1 aliphatic rings. The average Bonchev–Trinajstić information content (AvgIpc) is 2.96. The van der Waals surface area contributed by atoms with Crippen molar-refractivity contribution in [3.8, 4) is 0 Å². The van der Waals surface area contributed by atoms with Crippen LogP contribution in [0.15, 0.2) is 35.4 Å². The number of carbonyl (C=O) groups is 1. The number of fused-ring (bicyclic) bond motifs is 1. The Hall–Kier alpha value is -1.99. The van der Waals surface area contributed by atoms with E-state index in [9.17, 15) is 13.2 Å². The molecule has 0 saturated carbocycles. The van der Waals surface area contributed by atoms with Crippen LogP contribution in [0.3, 0.4) is 0 Å². The Kier molecular flexibility index (Phi) is 4.31. The summed E-state index contributed by atoms with van der Waals surface area (Å²) in [7, 11) is -0.650. The highest BCUT2D eigenvalue weighted by Gasteiger charge is 2.32. The predicted octanol–water partition coefficient (Wildman–Crippen LogP) is 2.18. The predicted molar refractivity (Wildman–Crippen MR) is 93.1 cm³/mol. The molecule has 8 heteroatoms. The lowest BCUT2D eigenvalue weighted by Crippen LogP contribution is -2.35. The van der Waals surface area contributed by atoms with Crippen molar-refractivity contribution in [2.24, 2.45) is 7.05 Å². The Morgan fingerprint density at radius 1 is 1.33 bits per heavy atom. The number of sulfonamides is 1. The smallest absolute Gasteiger partial charge is 0.267 e. The lowest BCUT2D eigenvalue weighted by Gasteiger charge is -2.30. The molecule has 0 atom stereocenters. The van der Waals surface area contributed by atoms with Crippen LogP contribution < -0.4 is 9.62 Å². The normalized spacial score (nSPS) is 14.4. The summed E-state index contributed by atoms with van der Waals surface area (Å²) >= 11 is 6.26. The molecular weight excluding hydrogens is 350 g/mol. The first-order valence-electron chi connectivity index (χ1n) is 7.55. The number of hydrogen-bond acceptors (Lipinski definition) is 3. The number of nitrogens with one attached hydrogen (secondary N) is 1. The zero-order valence-corrected chi connectivity index (χ0v) is 15.0. The van der Waals surface area contributed by atoms with E-state index < -0.39 is 10.0 Å². The Labute approximate surface area is 146 Å². The second-order valence-corrected chi connectivity index (χ2v) is 7.95. The summed E-state index contributed by atoms with van der Waals surface area (Å²) in [5, 5.41) is 2.92. The SMILES string of the molecule is CNC(=O)c1cc(S(=O)(=O)N2CCCc3cccc(Cl)c32)cn1C. The van der Waals surface area contributed by atoms with Gasteiger partial charge in [0.15, 0.2) is 0 Å². The minimum absolute atomic E-state index is 0.0800. The zero-order valence-electron chi connectivity index (χ0n) is 13.4.